The van der Waals surface area contributed by atoms with Gasteiger partial charge in [-0.1, -0.05) is 13.3 Å². The third-order valence-electron chi connectivity index (χ3n) is 4.19. The number of aryl methyl sites for hydroxylation is 3. The molecule has 0 saturated carbocycles. The van der Waals surface area contributed by atoms with E-state index in [2.05, 4.69) is 30.7 Å². The van der Waals surface area contributed by atoms with Crippen LogP contribution >= 0.6 is 12.4 Å². The van der Waals surface area contributed by atoms with Gasteiger partial charge >= 0.3 is 0 Å². The molecule has 0 saturated heterocycles. The molecule has 0 fully saturated rings. The Morgan fingerprint density at radius 1 is 1.17 bits per heavy atom. The summed E-state index contributed by atoms with van der Waals surface area (Å²) in [5.41, 5.74) is 5.63. The number of aromatic amines is 1. The number of hydrogen-bond donors (Lipinski definition) is 1. The number of H-pyrrole nitrogens is 1. The highest BCUT2D eigenvalue weighted by Crippen LogP contribution is 2.28. The van der Waals surface area contributed by atoms with Gasteiger partial charge in [0.25, 0.3) is 0 Å². The minimum Gasteiger partial charge on any atom is -0.487 e. The van der Waals surface area contributed by atoms with Crippen molar-refractivity contribution in [1.29, 1.82) is 0 Å². The van der Waals surface area contributed by atoms with Crippen LogP contribution in [0.25, 0.3) is 10.9 Å². The molecular formula is C19H22ClFN2O. The quantitative estimate of drug-likeness (QED) is 0.681. The Labute approximate surface area is 147 Å². The Morgan fingerprint density at radius 3 is 2.54 bits per heavy atom. The van der Waals surface area contributed by atoms with Crippen molar-refractivity contribution in [3.05, 3.63) is 58.8 Å². The highest BCUT2D eigenvalue weighted by atomic mass is 35.5. The van der Waals surface area contributed by atoms with Crippen molar-refractivity contribution >= 4 is 23.3 Å². The van der Waals surface area contributed by atoms with Gasteiger partial charge in [-0.15, -0.1) is 12.4 Å². The fourth-order valence-electron chi connectivity index (χ4n) is 2.87. The molecule has 3 aromatic rings. The third-order valence-corrected chi connectivity index (χ3v) is 4.19. The van der Waals surface area contributed by atoms with Crippen LogP contribution in [-0.2, 0) is 13.0 Å². The van der Waals surface area contributed by atoms with E-state index in [4.69, 9.17) is 4.74 Å². The van der Waals surface area contributed by atoms with Crippen LogP contribution in [0.5, 0.6) is 5.75 Å². The summed E-state index contributed by atoms with van der Waals surface area (Å²) in [4.78, 5) is 8.02. The minimum atomic E-state index is -0.266. The number of hydrogen-bond acceptors (Lipinski definition) is 2. The van der Waals surface area contributed by atoms with Gasteiger partial charge in [-0.05, 0) is 55.7 Å². The molecule has 0 radical (unpaired) electrons. The summed E-state index contributed by atoms with van der Waals surface area (Å²) < 4.78 is 18.7. The van der Waals surface area contributed by atoms with Gasteiger partial charge in [-0.25, -0.2) is 4.39 Å². The highest BCUT2D eigenvalue weighted by molar-refractivity contribution is 5.89. The van der Waals surface area contributed by atoms with Crippen molar-refractivity contribution in [2.24, 2.45) is 0 Å². The first-order valence-corrected chi connectivity index (χ1v) is 7.94. The lowest BCUT2D eigenvalue weighted by Gasteiger charge is -2.09. The molecule has 1 aromatic carbocycles. The molecule has 3 nitrogen and oxygen atoms in total. The zero-order chi connectivity index (χ0) is 16.4. The van der Waals surface area contributed by atoms with E-state index >= 15 is 0 Å². The van der Waals surface area contributed by atoms with E-state index in [1.165, 1.54) is 28.6 Å². The molecule has 3 rings (SSSR count). The Balaban J connectivity index is 0.00000208. The Kier molecular flexibility index (Phi) is 5.84. The number of fused-ring (bicyclic) bond motifs is 1. The number of nitrogens with zero attached hydrogens (tertiary/aromatic N) is 1. The van der Waals surface area contributed by atoms with Crippen molar-refractivity contribution < 1.29 is 9.13 Å². The van der Waals surface area contributed by atoms with Gasteiger partial charge < -0.3 is 9.72 Å². The monoisotopic (exact) mass is 348 g/mol. The maximum Gasteiger partial charge on any atom is 0.132 e. The molecule has 128 valence electrons. The smallest absolute Gasteiger partial charge is 0.132 e. The van der Waals surface area contributed by atoms with E-state index in [-0.39, 0.29) is 18.2 Å². The summed E-state index contributed by atoms with van der Waals surface area (Å²) in [6, 6.07) is 6.05. The van der Waals surface area contributed by atoms with Crippen molar-refractivity contribution in [3.8, 4) is 5.75 Å². The van der Waals surface area contributed by atoms with E-state index in [0.717, 1.165) is 29.7 Å². The summed E-state index contributed by atoms with van der Waals surface area (Å²) in [5.74, 6) is 0.372. The Hall–Kier alpha value is -2.07. The van der Waals surface area contributed by atoms with Crippen LogP contribution in [0.3, 0.4) is 0 Å². The van der Waals surface area contributed by atoms with Crippen LogP contribution in [0, 0.1) is 19.7 Å². The molecule has 0 amide bonds. The molecule has 0 atom stereocenters. The van der Waals surface area contributed by atoms with E-state index in [1.54, 1.807) is 12.1 Å². The normalized spacial score (nSPS) is 10.7. The Bertz CT molecular complexity index is 827. The maximum atomic E-state index is 12.9. The van der Waals surface area contributed by atoms with Gasteiger partial charge in [0.1, 0.15) is 23.9 Å². The third kappa shape index (κ3) is 3.54. The number of nitrogens with one attached hydrogen (secondary N) is 1. The highest BCUT2D eigenvalue weighted by Gasteiger charge is 2.14. The summed E-state index contributed by atoms with van der Waals surface area (Å²) in [6.45, 7) is 6.74. The van der Waals surface area contributed by atoms with Crippen molar-refractivity contribution in [3.63, 3.8) is 0 Å². The van der Waals surface area contributed by atoms with E-state index in [1.807, 2.05) is 6.20 Å². The number of halogens is 2. The molecular weight excluding hydrogens is 327 g/mol. The molecule has 2 aromatic heterocycles. The van der Waals surface area contributed by atoms with Gasteiger partial charge in [0, 0.05) is 17.3 Å². The zero-order valence-corrected chi connectivity index (χ0v) is 15.0. The molecule has 0 bridgehead atoms. The van der Waals surface area contributed by atoms with E-state index in [0.29, 0.717) is 12.4 Å². The fraction of sp³-hybridized carbons (Fsp3) is 0.316. The minimum absolute atomic E-state index is 0. The summed E-state index contributed by atoms with van der Waals surface area (Å²) >= 11 is 0. The SMILES string of the molecule is CCCc1cnc(COc2ccc(F)cc2)c2[nH]c(C)c(C)c12.Cl. The molecule has 24 heavy (non-hydrogen) atoms. The van der Waals surface area contributed by atoms with Crippen LogP contribution in [-0.4, -0.2) is 9.97 Å². The maximum absolute atomic E-state index is 12.9. The second-order valence-electron chi connectivity index (χ2n) is 5.85. The second-order valence-corrected chi connectivity index (χ2v) is 5.85. The van der Waals surface area contributed by atoms with Gasteiger partial charge in [0.05, 0.1) is 5.52 Å². The number of aromatic nitrogens is 2. The molecule has 0 aliphatic carbocycles. The Morgan fingerprint density at radius 2 is 1.88 bits per heavy atom. The lowest BCUT2D eigenvalue weighted by Crippen LogP contribution is -2.01. The van der Waals surface area contributed by atoms with Crippen LogP contribution in [0.15, 0.2) is 30.5 Å². The molecule has 0 unspecified atom stereocenters. The van der Waals surface area contributed by atoms with E-state index < -0.39 is 0 Å². The average Bonchev–Trinajstić information content (AvgIpc) is 2.84. The fourth-order valence-corrected chi connectivity index (χ4v) is 2.87. The number of benzene rings is 1. The van der Waals surface area contributed by atoms with Gasteiger partial charge in [-0.3, -0.25) is 4.98 Å². The lowest BCUT2D eigenvalue weighted by atomic mass is 10.0. The van der Waals surface area contributed by atoms with Gasteiger partial charge in [0.15, 0.2) is 0 Å². The van der Waals surface area contributed by atoms with Crippen molar-refractivity contribution in [1.82, 2.24) is 9.97 Å². The molecule has 2 heterocycles. The average molecular weight is 349 g/mol. The molecule has 1 N–H and O–H groups in total. The lowest BCUT2D eigenvalue weighted by molar-refractivity contribution is 0.302. The molecule has 0 aliphatic heterocycles. The molecule has 5 heteroatoms. The summed E-state index contributed by atoms with van der Waals surface area (Å²) in [6.07, 6.45) is 4.06. The first-order chi connectivity index (χ1) is 11.1. The van der Waals surface area contributed by atoms with Crippen LogP contribution in [0.1, 0.15) is 35.9 Å². The standard InChI is InChI=1S/C19H21FN2O.ClH/c1-4-5-14-10-21-17(19-18(14)12(2)13(3)22-19)11-23-16-8-6-15(20)7-9-16;/h6-10,22H,4-5,11H2,1-3H3;1H. The molecule has 0 aliphatic rings. The predicted molar refractivity (Wildman–Crippen MR) is 97.5 cm³/mol. The van der Waals surface area contributed by atoms with Gasteiger partial charge in [0.2, 0.25) is 0 Å². The zero-order valence-electron chi connectivity index (χ0n) is 14.1. The predicted octanol–water partition coefficient (Wildman–Crippen LogP) is 5.27. The van der Waals surface area contributed by atoms with Gasteiger partial charge in [-0.2, -0.15) is 0 Å². The topological polar surface area (TPSA) is 37.9 Å². The van der Waals surface area contributed by atoms with Crippen LogP contribution in [0.4, 0.5) is 4.39 Å². The summed E-state index contributed by atoms with van der Waals surface area (Å²) in [5, 5.41) is 1.26. The largest absolute Gasteiger partial charge is 0.487 e. The van der Waals surface area contributed by atoms with Crippen molar-refractivity contribution in [2.75, 3.05) is 0 Å². The molecule has 0 spiro atoms. The van der Waals surface area contributed by atoms with Crippen LogP contribution in [0.2, 0.25) is 0 Å². The first-order valence-electron chi connectivity index (χ1n) is 7.94. The van der Waals surface area contributed by atoms with Crippen LogP contribution < -0.4 is 4.74 Å². The van der Waals surface area contributed by atoms with E-state index in [9.17, 15) is 4.39 Å². The summed E-state index contributed by atoms with van der Waals surface area (Å²) in [7, 11) is 0. The number of pyridine rings is 1. The second kappa shape index (κ2) is 7.67. The first kappa shape index (κ1) is 18.3. The number of ether oxygens (including phenoxy) is 1. The van der Waals surface area contributed by atoms with Crippen molar-refractivity contribution in [2.45, 2.75) is 40.2 Å². The number of rotatable bonds is 5.